The molecule has 112 valence electrons. The highest BCUT2D eigenvalue weighted by Gasteiger charge is 2.34. The molecule has 3 N–H and O–H groups in total. The van der Waals surface area contributed by atoms with Crippen molar-refractivity contribution in [2.75, 3.05) is 18.4 Å². The molecule has 1 aromatic rings. The number of urea groups is 1. The number of halogens is 1. The monoisotopic (exact) mass is 281 g/mol. The van der Waals surface area contributed by atoms with Gasteiger partial charge in [-0.15, -0.1) is 0 Å². The molecule has 20 heavy (non-hydrogen) atoms. The minimum absolute atomic E-state index is 0.189. The molecule has 1 aromatic carbocycles. The van der Waals surface area contributed by atoms with Gasteiger partial charge in [-0.05, 0) is 31.9 Å². The van der Waals surface area contributed by atoms with Gasteiger partial charge in [-0.1, -0.05) is 26.0 Å². The Hall–Kier alpha value is -1.62. The van der Waals surface area contributed by atoms with Gasteiger partial charge in [0.1, 0.15) is 5.82 Å². The Balaban J connectivity index is 2.95. The zero-order valence-electron chi connectivity index (χ0n) is 12.4. The fraction of sp³-hybridized carbons (Fsp3) is 0.533. The van der Waals surface area contributed by atoms with Gasteiger partial charge < -0.3 is 16.0 Å². The molecule has 5 heteroatoms. The van der Waals surface area contributed by atoms with Gasteiger partial charge in [-0.2, -0.15) is 0 Å². The number of carbonyl (C=O) groups excluding carboxylic acids is 1. The number of nitrogens with zero attached hydrogens (tertiary/aromatic N) is 1. The predicted octanol–water partition coefficient (Wildman–Crippen LogP) is 3.20. The number of nitrogens with two attached hydrogens (primary N) is 1. The van der Waals surface area contributed by atoms with Gasteiger partial charge in [0.2, 0.25) is 0 Å². The van der Waals surface area contributed by atoms with E-state index in [0.717, 1.165) is 12.8 Å². The maximum absolute atomic E-state index is 13.6. The van der Waals surface area contributed by atoms with E-state index in [0.29, 0.717) is 13.1 Å². The fourth-order valence-corrected chi connectivity index (χ4v) is 2.47. The molecular weight excluding hydrogens is 257 g/mol. The first kappa shape index (κ1) is 16.4. The van der Waals surface area contributed by atoms with E-state index in [9.17, 15) is 9.18 Å². The fourth-order valence-electron chi connectivity index (χ4n) is 2.47. The number of anilines is 1. The van der Waals surface area contributed by atoms with E-state index in [-0.39, 0.29) is 17.3 Å². The van der Waals surface area contributed by atoms with Crippen LogP contribution in [0.4, 0.5) is 14.9 Å². The van der Waals surface area contributed by atoms with Crippen molar-refractivity contribution in [1.82, 2.24) is 4.90 Å². The van der Waals surface area contributed by atoms with Crippen LogP contribution in [-0.2, 0) is 0 Å². The van der Waals surface area contributed by atoms with Gasteiger partial charge in [0, 0.05) is 13.1 Å². The number of para-hydroxylation sites is 1. The topological polar surface area (TPSA) is 58.4 Å². The van der Waals surface area contributed by atoms with Crippen LogP contribution in [0.15, 0.2) is 24.3 Å². The first-order valence-corrected chi connectivity index (χ1v) is 7.07. The average molecular weight is 281 g/mol. The zero-order chi connectivity index (χ0) is 15.2. The number of benzene rings is 1. The highest BCUT2D eigenvalue weighted by Crippen LogP contribution is 2.24. The van der Waals surface area contributed by atoms with E-state index in [1.165, 1.54) is 6.07 Å². The van der Waals surface area contributed by atoms with E-state index < -0.39 is 5.82 Å². The summed E-state index contributed by atoms with van der Waals surface area (Å²) in [6.07, 6.45) is 1.52. The van der Waals surface area contributed by atoms with Crippen molar-refractivity contribution < 1.29 is 9.18 Å². The van der Waals surface area contributed by atoms with Crippen LogP contribution in [0.3, 0.4) is 0 Å². The van der Waals surface area contributed by atoms with Crippen molar-refractivity contribution in [2.24, 2.45) is 5.73 Å². The Bertz CT molecular complexity index is 438. The second kappa shape index (κ2) is 7.24. The maximum Gasteiger partial charge on any atom is 0.322 e. The minimum Gasteiger partial charge on any atom is -0.328 e. The number of amides is 2. The summed E-state index contributed by atoms with van der Waals surface area (Å²) in [7, 11) is 0. The van der Waals surface area contributed by atoms with E-state index in [2.05, 4.69) is 5.32 Å². The Morgan fingerprint density at radius 2 is 1.90 bits per heavy atom. The van der Waals surface area contributed by atoms with Crippen LogP contribution in [-0.4, -0.2) is 29.6 Å². The van der Waals surface area contributed by atoms with Gasteiger partial charge >= 0.3 is 6.03 Å². The van der Waals surface area contributed by atoms with Gasteiger partial charge in [0.05, 0.1) is 11.2 Å². The molecule has 0 atom stereocenters. The normalized spacial score (nSPS) is 11.2. The summed E-state index contributed by atoms with van der Waals surface area (Å²) in [4.78, 5) is 14.1. The minimum atomic E-state index is -0.441. The molecule has 0 spiro atoms. The lowest BCUT2D eigenvalue weighted by Crippen LogP contribution is -2.56. The number of rotatable bonds is 6. The third-order valence-corrected chi connectivity index (χ3v) is 3.95. The first-order valence-electron chi connectivity index (χ1n) is 7.07. The van der Waals surface area contributed by atoms with E-state index >= 15 is 0 Å². The zero-order valence-corrected chi connectivity index (χ0v) is 12.4. The Morgan fingerprint density at radius 3 is 2.35 bits per heavy atom. The number of carbonyl (C=O) groups is 1. The summed E-state index contributed by atoms with van der Waals surface area (Å²) in [6, 6.07) is 5.83. The second-order valence-electron chi connectivity index (χ2n) is 4.79. The summed E-state index contributed by atoms with van der Waals surface area (Å²) >= 11 is 0. The number of nitrogens with one attached hydrogen (secondary N) is 1. The molecular formula is C15H24FN3O. The third kappa shape index (κ3) is 3.28. The standard InChI is InChI=1S/C15H24FN3O/c1-4-15(5-2,11-17)19(6-3)14(20)18-13-10-8-7-9-12(13)16/h7-10H,4-6,11,17H2,1-3H3,(H,18,20). The van der Waals surface area contributed by atoms with Gasteiger partial charge in [0.15, 0.2) is 0 Å². The lowest BCUT2D eigenvalue weighted by Gasteiger charge is -2.41. The van der Waals surface area contributed by atoms with E-state index in [1.807, 2.05) is 20.8 Å². The Labute approximate surface area is 120 Å². The quantitative estimate of drug-likeness (QED) is 0.841. The largest absolute Gasteiger partial charge is 0.328 e. The summed E-state index contributed by atoms with van der Waals surface area (Å²) in [6.45, 7) is 6.83. The predicted molar refractivity (Wildman–Crippen MR) is 80.2 cm³/mol. The molecule has 1 rings (SSSR count). The molecule has 0 saturated carbocycles. The van der Waals surface area contributed by atoms with Crippen LogP contribution in [0, 0.1) is 5.82 Å². The van der Waals surface area contributed by atoms with Crippen LogP contribution in [0.1, 0.15) is 33.6 Å². The van der Waals surface area contributed by atoms with Crippen LogP contribution in [0.2, 0.25) is 0 Å². The molecule has 4 nitrogen and oxygen atoms in total. The molecule has 0 aliphatic carbocycles. The highest BCUT2D eigenvalue weighted by atomic mass is 19.1. The average Bonchev–Trinajstić information content (AvgIpc) is 2.47. The second-order valence-corrected chi connectivity index (χ2v) is 4.79. The van der Waals surface area contributed by atoms with Crippen LogP contribution in [0.5, 0.6) is 0 Å². The summed E-state index contributed by atoms with van der Waals surface area (Å²) < 4.78 is 13.6. The molecule has 2 amide bonds. The van der Waals surface area contributed by atoms with Crippen molar-refractivity contribution in [1.29, 1.82) is 0 Å². The highest BCUT2D eigenvalue weighted by molar-refractivity contribution is 5.90. The summed E-state index contributed by atoms with van der Waals surface area (Å²) in [5, 5.41) is 2.63. The SMILES string of the molecule is CCN(C(=O)Nc1ccccc1F)C(CC)(CC)CN. The number of likely N-dealkylation sites (N-methyl/N-ethyl adjacent to an activating group) is 1. The Morgan fingerprint density at radius 1 is 1.30 bits per heavy atom. The van der Waals surface area contributed by atoms with E-state index in [1.54, 1.807) is 23.1 Å². The molecule has 0 aliphatic heterocycles. The lowest BCUT2D eigenvalue weighted by atomic mass is 9.91. The van der Waals surface area contributed by atoms with Gasteiger partial charge in [0.25, 0.3) is 0 Å². The van der Waals surface area contributed by atoms with Crippen molar-refractivity contribution in [3.63, 3.8) is 0 Å². The number of hydrogen-bond donors (Lipinski definition) is 2. The van der Waals surface area contributed by atoms with Crippen molar-refractivity contribution in [2.45, 2.75) is 39.2 Å². The van der Waals surface area contributed by atoms with Crippen molar-refractivity contribution in [3.05, 3.63) is 30.1 Å². The van der Waals surface area contributed by atoms with Crippen LogP contribution in [0.25, 0.3) is 0 Å². The van der Waals surface area contributed by atoms with Gasteiger partial charge in [-0.25, -0.2) is 9.18 Å². The molecule has 0 aliphatic rings. The summed E-state index contributed by atoms with van der Waals surface area (Å²) in [5.41, 5.74) is 5.67. The van der Waals surface area contributed by atoms with Gasteiger partial charge in [-0.3, -0.25) is 0 Å². The van der Waals surface area contributed by atoms with Crippen molar-refractivity contribution in [3.8, 4) is 0 Å². The Kier molecular flexibility index (Phi) is 5.95. The van der Waals surface area contributed by atoms with Crippen LogP contribution < -0.4 is 11.1 Å². The number of hydrogen-bond acceptors (Lipinski definition) is 2. The van der Waals surface area contributed by atoms with E-state index in [4.69, 9.17) is 5.73 Å². The van der Waals surface area contributed by atoms with Crippen molar-refractivity contribution >= 4 is 11.7 Å². The smallest absolute Gasteiger partial charge is 0.322 e. The lowest BCUT2D eigenvalue weighted by molar-refractivity contribution is 0.122. The molecule has 0 aromatic heterocycles. The maximum atomic E-state index is 13.6. The molecule has 0 saturated heterocycles. The molecule has 0 heterocycles. The summed E-state index contributed by atoms with van der Waals surface area (Å²) in [5.74, 6) is -0.441. The molecule has 0 fully saturated rings. The third-order valence-electron chi connectivity index (χ3n) is 3.95. The van der Waals surface area contributed by atoms with Crippen LogP contribution >= 0.6 is 0 Å². The molecule has 0 radical (unpaired) electrons. The first-order chi connectivity index (χ1) is 9.54. The molecule has 0 unspecified atom stereocenters. The molecule has 0 bridgehead atoms.